The van der Waals surface area contributed by atoms with Crippen LogP contribution >= 0.6 is 23.7 Å². The lowest BCUT2D eigenvalue weighted by atomic mass is 10.1. The summed E-state index contributed by atoms with van der Waals surface area (Å²) in [7, 11) is 3.40. The van der Waals surface area contributed by atoms with Gasteiger partial charge in [-0.2, -0.15) is 0 Å². The van der Waals surface area contributed by atoms with Crippen LogP contribution in [0, 0.1) is 6.92 Å². The topological polar surface area (TPSA) is 92.2 Å². The number of aryl methyl sites for hydroxylation is 1. The molecule has 1 saturated heterocycles. The molecular formula is C16H23ClN6O2S. The number of carbonyl (C=O) groups is 2. The Morgan fingerprint density at radius 1 is 1.50 bits per heavy atom. The first kappa shape index (κ1) is 20.3. The maximum atomic E-state index is 12.5. The first-order valence-electron chi connectivity index (χ1n) is 8.15. The zero-order valence-corrected chi connectivity index (χ0v) is 16.6. The highest BCUT2D eigenvalue weighted by Crippen LogP contribution is 2.20. The number of likely N-dealkylation sites (N-methyl/N-ethyl adjacent to an activating group) is 1. The van der Waals surface area contributed by atoms with Gasteiger partial charge in [-0.15, -0.1) is 28.8 Å². The molecule has 3 rings (SSSR count). The summed E-state index contributed by atoms with van der Waals surface area (Å²) in [5.74, 6) is -0.0243. The molecule has 1 aliphatic heterocycles. The van der Waals surface area contributed by atoms with Crippen molar-refractivity contribution in [2.24, 2.45) is 0 Å². The first-order chi connectivity index (χ1) is 12.0. The van der Waals surface area contributed by atoms with E-state index in [4.69, 9.17) is 0 Å². The minimum atomic E-state index is -0.200. The monoisotopic (exact) mass is 398 g/mol. The van der Waals surface area contributed by atoms with Crippen molar-refractivity contribution in [3.05, 3.63) is 33.8 Å². The van der Waals surface area contributed by atoms with E-state index in [0.29, 0.717) is 19.5 Å². The Kier molecular flexibility index (Phi) is 6.74. The van der Waals surface area contributed by atoms with Gasteiger partial charge in [0.1, 0.15) is 5.69 Å². The Morgan fingerprint density at radius 2 is 2.27 bits per heavy atom. The molecule has 0 saturated carbocycles. The van der Waals surface area contributed by atoms with Gasteiger partial charge in [0, 0.05) is 20.6 Å². The SMILES string of the molecule is CNC(=O)[C@@H]1C[C@@H](n2cc(CN(C)C(=O)c3sccc3C)nn2)CN1.Cl. The van der Waals surface area contributed by atoms with Gasteiger partial charge < -0.3 is 15.5 Å². The number of carbonyl (C=O) groups excluding carboxylic acids is 2. The quantitative estimate of drug-likeness (QED) is 0.783. The van der Waals surface area contributed by atoms with Crippen LogP contribution in [0.4, 0.5) is 0 Å². The number of halogens is 1. The average molecular weight is 399 g/mol. The lowest BCUT2D eigenvalue weighted by molar-refractivity contribution is -0.122. The number of thiophene rings is 1. The summed E-state index contributed by atoms with van der Waals surface area (Å²) in [6, 6.07) is 1.83. The van der Waals surface area contributed by atoms with Gasteiger partial charge in [0.2, 0.25) is 5.91 Å². The molecule has 2 atom stereocenters. The molecule has 0 spiro atoms. The molecule has 1 aliphatic rings. The second-order valence-corrected chi connectivity index (χ2v) is 7.16. The van der Waals surface area contributed by atoms with Crippen LogP contribution in [0.5, 0.6) is 0 Å². The molecule has 0 unspecified atom stereocenters. The van der Waals surface area contributed by atoms with E-state index in [1.165, 1.54) is 11.3 Å². The molecule has 2 N–H and O–H groups in total. The highest BCUT2D eigenvalue weighted by atomic mass is 35.5. The predicted molar refractivity (Wildman–Crippen MR) is 102 cm³/mol. The molecule has 0 bridgehead atoms. The Bertz CT molecular complexity index is 776. The van der Waals surface area contributed by atoms with Gasteiger partial charge in [0.05, 0.1) is 29.7 Å². The standard InChI is InChI=1S/C16H22N6O2S.ClH/c1-10-4-5-25-14(10)16(24)21(3)8-11-9-22(20-19-11)12-6-13(18-7-12)15(23)17-2;/h4-5,9,12-13,18H,6-8H2,1-3H3,(H,17,23);1H/t12-,13+;/m1./s1. The van der Waals surface area contributed by atoms with Crippen molar-refractivity contribution in [1.29, 1.82) is 0 Å². The molecule has 2 amide bonds. The zero-order valence-electron chi connectivity index (χ0n) is 14.9. The summed E-state index contributed by atoms with van der Waals surface area (Å²) >= 11 is 1.45. The lowest BCUT2D eigenvalue weighted by Gasteiger charge is -2.15. The van der Waals surface area contributed by atoms with Crippen molar-refractivity contribution in [3.8, 4) is 0 Å². The van der Waals surface area contributed by atoms with Crippen molar-refractivity contribution in [1.82, 2.24) is 30.5 Å². The molecule has 0 radical (unpaired) electrons. The normalized spacial score (nSPS) is 19.0. The highest BCUT2D eigenvalue weighted by molar-refractivity contribution is 7.12. The Labute approximate surface area is 162 Å². The van der Waals surface area contributed by atoms with E-state index in [-0.39, 0.29) is 36.3 Å². The minimum Gasteiger partial charge on any atom is -0.358 e. The predicted octanol–water partition coefficient (Wildman–Crippen LogP) is 0.991. The van der Waals surface area contributed by atoms with Crippen molar-refractivity contribution in [3.63, 3.8) is 0 Å². The molecule has 2 aromatic heterocycles. The Morgan fingerprint density at radius 3 is 2.92 bits per heavy atom. The van der Waals surface area contributed by atoms with E-state index in [1.54, 1.807) is 23.7 Å². The number of hydrogen-bond donors (Lipinski definition) is 2. The van der Waals surface area contributed by atoms with Crippen molar-refractivity contribution in [2.75, 3.05) is 20.6 Å². The first-order valence-corrected chi connectivity index (χ1v) is 9.02. The van der Waals surface area contributed by atoms with Crippen LogP contribution < -0.4 is 10.6 Å². The van der Waals surface area contributed by atoms with Crippen LogP contribution in [0.15, 0.2) is 17.6 Å². The summed E-state index contributed by atoms with van der Waals surface area (Å²) in [5, 5.41) is 16.1. The van der Waals surface area contributed by atoms with E-state index in [9.17, 15) is 9.59 Å². The zero-order chi connectivity index (χ0) is 18.0. The molecule has 2 aromatic rings. The van der Waals surface area contributed by atoms with Crippen LogP contribution in [0.25, 0.3) is 0 Å². The second-order valence-electron chi connectivity index (χ2n) is 6.25. The largest absolute Gasteiger partial charge is 0.358 e. The van der Waals surface area contributed by atoms with E-state index < -0.39 is 0 Å². The molecule has 0 aliphatic carbocycles. The van der Waals surface area contributed by atoms with Crippen LogP contribution in [0.2, 0.25) is 0 Å². The molecule has 8 nitrogen and oxygen atoms in total. The fourth-order valence-electron chi connectivity index (χ4n) is 2.94. The summed E-state index contributed by atoms with van der Waals surface area (Å²) in [5.41, 5.74) is 1.72. The third-order valence-corrected chi connectivity index (χ3v) is 5.41. The van der Waals surface area contributed by atoms with Gasteiger partial charge in [0.15, 0.2) is 0 Å². The van der Waals surface area contributed by atoms with Crippen LogP contribution in [-0.2, 0) is 11.3 Å². The lowest BCUT2D eigenvalue weighted by Crippen LogP contribution is -2.38. The number of amides is 2. The molecule has 1 fully saturated rings. The van der Waals surface area contributed by atoms with Crippen molar-refractivity contribution >= 4 is 35.6 Å². The van der Waals surface area contributed by atoms with Gasteiger partial charge >= 0.3 is 0 Å². The smallest absolute Gasteiger partial charge is 0.264 e. The summed E-state index contributed by atoms with van der Waals surface area (Å²) in [4.78, 5) is 26.6. The van der Waals surface area contributed by atoms with Gasteiger partial charge in [-0.3, -0.25) is 9.59 Å². The Balaban J connectivity index is 0.00000243. The number of aromatic nitrogens is 3. The van der Waals surface area contributed by atoms with E-state index >= 15 is 0 Å². The molecule has 10 heteroatoms. The molecule has 26 heavy (non-hydrogen) atoms. The number of rotatable bonds is 5. The summed E-state index contributed by atoms with van der Waals surface area (Å²) < 4.78 is 1.78. The second kappa shape index (κ2) is 8.61. The fraction of sp³-hybridized carbons (Fsp3) is 0.500. The van der Waals surface area contributed by atoms with Crippen LogP contribution in [0.3, 0.4) is 0 Å². The van der Waals surface area contributed by atoms with Gasteiger partial charge in [-0.1, -0.05) is 5.21 Å². The summed E-state index contributed by atoms with van der Waals surface area (Å²) in [6.45, 7) is 3.00. The van der Waals surface area contributed by atoms with Gasteiger partial charge in [0.25, 0.3) is 5.91 Å². The fourth-order valence-corrected chi connectivity index (χ4v) is 3.86. The number of hydrogen-bond acceptors (Lipinski definition) is 6. The van der Waals surface area contributed by atoms with Crippen molar-refractivity contribution < 1.29 is 9.59 Å². The van der Waals surface area contributed by atoms with E-state index in [2.05, 4.69) is 20.9 Å². The maximum absolute atomic E-state index is 12.5. The third kappa shape index (κ3) is 4.22. The molecular weight excluding hydrogens is 376 g/mol. The third-order valence-electron chi connectivity index (χ3n) is 4.40. The van der Waals surface area contributed by atoms with Gasteiger partial charge in [-0.05, 0) is 30.4 Å². The van der Waals surface area contributed by atoms with Crippen LogP contribution in [-0.4, -0.2) is 58.4 Å². The van der Waals surface area contributed by atoms with E-state index in [0.717, 1.165) is 16.1 Å². The minimum absolute atomic E-state index is 0. The Hall–Kier alpha value is -1.97. The maximum Gasteiger partial charge on any atom is 0.264 e. The number of nitrogens with one attached hydrogen (secondary N) is 2. The van der Waals surface area contributed by atoms with E-state index in [1.807, 2.05) is 24.6 Å². The molecule has 3 heterocycles. The summed E-state index contributed by atoms with van der Waals surface area (Å²) in [6.07, 6.45) is 2.52. The molecule has 0 aromatic carbocycles. The average Bonchev–Trinajstić information content (AvgIpc) is 3.33. The van der Waals surface area contributed by atoms with Gasteiger partial charge in [-0.25, -0.2) is 4.68 Å². The van der Waals surface area contributed by atoms with Crippen molar-refractivity contribution in [2.45, 2.75) is 32.0 Å². The molecule has 142 valence electrons. The van der Waals surface area contributed by atoms with Crippen LogP contribution in [0.1, 0.15) is 33.4 Å². The number of nitrogens with zero attached hydrogens (tertiary/aromatic N) is 4. The highest BCUT2D eigenvalue weighted by Gasteiger charge is 2.30.